The van der Waals surface area contributed by atoms with Gasteiger partial charge in [0.05, 0.1) is 17.0 Å². The first kappa shape index (κ1) is 29.0. The van der Waals surface area contributed by atoms with E-state index in [1.165, 1.54) is 17.0 Å². The normalized spacial score (nSPS) is 15.2. The Balaban J connectivity index is 1.25. The minimum atomic E-state index is -3.85. The fourth-order valence-corrected chi connectivity index (χ4v) is 5.75. The summed E-state index contributed by atoms with van der Waals surface area (Å²) in [6.07, 6.45) is 0.146. The van der Waals surface area contributed by atoms with Crippen LogP contribution >= 0.6 is 0 Å². The minimum absolute atomic E-state index is 0.0248. The van der Waals surface area contributed by atoms with Crippen molar-refractivity contribution in [3.63, 3.8) is 0 Å². The van der Waals surface area contributed by atoms with Crippen molar-refractivity contribution < 1.29 is 27.2 Å². The van der Waals surface area contributed by atoms with Gasteiger partial charge in [-0.3, -0.25) is 14.4 Å². The Morgan fingerprint density at radius 2 is 1.64 bits per heavy atom. The van der Waals surface area contributed by atoms with Gasteiger partial charge in [-0.25, -0.2) is 23.4 Å². The molecule has 11 heteroatoms. The predicted octanol–water partition coefficient (Wildman–Crippen LogP) is 4.47. The summed E-state index contributed by atoms with van der Waals surface area (Å²) < 4.78 is 29.1. The monoisotopic (exact) mass is 608 g/mol. The van der Waals surface area contributed by atoms with Crippen LogP contribution in [0.5, 0.6) is 0 Å². The number of nitrogens with zero attached hydrogens (tertiary/aromatic N) is 3. The number of imide groups is 1. The fourth-order valence-electron chi connectivity index (χ4n) is 5.24. The highest BCUT2D eigenvalue weighted by Crippen LogP contribution is 2.30. The number of carbonyl (C=O) groups excluding carboxylic acids is 3. The zero-order chi connectivity index (χ0) is 31.0. The van der Waals surface area contributed by atoms with Crippen molar-refractivity contribution in [1.82, 2.24) is 9.88 Å². The third-order valence-corrected chi connectivity index (χ3v) is 8.55. The zero-order valence-electron chi connectivity index (χ0n) is 23.7. The maximum atomic E-state index is 13.8. The first-order valence-electron chi connectivity index (χ1n) is 13.9. The van der Waals surface area contributed by atoms with Gasteiger partial charge in [0.15, 0.2) is 5.58 Å². The number of carbonyl (C=O) groups is 3. The summed E-state index contributed by atoms with van der Waals surface area (Å²) in [4.78, 5) is 47.8. The summed E-state index contributed by atoms with van der Waals surface area (Å²) in [6.45, 7) is 2.03. The highest BCUT2D eigenvalue weighted by molar-refractivity contribution is 7.89. The molecule has 1 unspecified atom stereocenters. The molecule has 222 valence electrons. The molecule has 1 fully saturated rings. The van der Waals surface area contributed by atoms with Crippen molar-refractivity contribution in [3.8, 4) is 11.5 Å². The van der Waals surface area contributed by atoms with Crippen LogP contribution in [0.4, 0.5) is 5.69 Å². The maximum absolute atomic E-state index is 13.8. The fraction of sp³-hybridized carbons (Fsp3) is 0.152. The number of oxazole rings is 1. The first-order valence-corrected chi connectivity index (χ1v) is 15.5. The van der Waals surface area contributed by atoms with E-state index in [1.54, 1.807) is 48.5 Å². The Hall–Kier alpha value is -5.13. The second-order valence-electron chi connectivity index (χ2n) is 10.6. The molecule has 0 aliphatic carbocycles. The lowest BCUT2D eigenvalue weighted by Gasteiger charge is -2.28. The number of para-hydroxylation sites is 2. The molecule has 1 atom stereocenters. The van der Waals surface area contributed by atoms with Crippen molar-refractivity contribution >= 4 is 44.5 Å². The van der Waals surface area contributed by atoms with Crippen LogP contribution in [-0.4, -0.2) is 48.6 Å². The number of nitrogens with two attached hydrogens (primary N) is 1. The largest absolute Gasteiger partial charge is 0.436 e. The number of aryl methyl sites for hydroxylation is 1. The van der Waals surface area contributed by atoms with E-state index >= 15 is 0 Å². The van der Waals surface area contributed by atoms with Gasteiger partial charge in [-0.2, -0.15) is 0 Å². The van der Waals surface area contributed by atoms with Gasteiger partial charge >= 0.3 is 0 Å². The Morgan fingerprint density at radius 1 is 0.955 bits per heavy atom. The molecule has 3 amide bonds. The third kappa shape index (κ3) is 5.75. The van der Waals surface area contributed by atoms with Gasteiger partial charge in [-0.05, 0) is 79.6 Å². The van der Waals surface area contributed by atoms with Crippen LogP contribution in [-0.2, 0) is 26.0 Å². The second-order valence-corrected chi connectivity index (χ2v) is 12.2. The summed E-state index contributed by atoms with van der Waals surface area (Å²) in [7, 11) is -3.85. The molecular weight excluding hydrogens is 580 g/mol. The average Bonchev–Trinajstić information content (AvgIpc) is 3.58. The van der Waals surface area contributed by atoms with Crippen molar-refractivity contribution in [3.05, 3.63) is 114 Å². The molecule has 1 aromatic heterocycles. The predicted molar refractivity (Wildman–Crippen MR) is 164 cm³/mol. The number of rotatable bonds is 8. The van der Waals surface area contributed by atoms with Crippen molar-refractivity contribution in [1.29, 1.82) is 0 Å². The topological polar surface area (TPSA) is 144 Å². The van der Waals surface area contributed by atoms with Gasteiger partial charge in [-0.1, -0.05) is 42.0 Å². The van der Waals surface area contributed by atoms with E-state index in [-0.39, 0.29) is 23.8 Å². The Kier molecular flexibility index (Phi) is 7.58. The zero-order valence-corrected chi connectivity index (χ0v) is 24.5. The number of amides is 3. The lowest BCUT2D eigenvalue weighted by Crippen LogP contribution is -2.46. The molecule has 0 saturated carbocycles. The molecular formula is C33H28N4O6S. The van der Waals surface area contributed by atoms with E-state index < -0.39 is 27.9 Å². The van der Waals surface area contributed by atoms with E-state index in [1.807, 2.05) is 43.3 Å². The van der Waals surface area contributed by atoms with Gasteiger partial charge in [0.1, 0.15) is 11.6 Å². The van der Waals surface area contributed by atoms with E-state index in [4.69, 9.17) is 9.56 Å². The molecule has 4 aromatic carbocycles. The molecule has 5 aromatic rings. The lowest BCUT2D eigenvalue weighted by atomic mass is 10.1. The molecule has 0 spiro atoms. The van der Waals surface area contributed by atoms with Crippen molar-refractivity contribution in [2.45, 2.75) is 30.7 Å². The molecule has 1 aliphatic heterocycles. The van der Waals surface area contributed by atoms with Gasteiger partial charge in [0, 0.05) is 17.7 Å². The quantitative estimate of drug-likeness (QED) is 0.256. The van der Waals surface area contributed by atoms with Gasteiger partial charge in [0.2, 0.25) is 21.8 Å². The Labute approximate surface area is 253 Å². The smallest absolute Gasteiger partial charge is 0.257 e. The molecule has 0 bridgehead atoms. The third-order valence-electron chi connectivity index (χ3n) is 7.62. The van der Waals surface area contributed by atoms with Crippen LogP contribution in [0.3, 0.4) is 0 Å². The average molecular weight is 609 g/mol. The maximum Gasteiger partial charge on any atom is 0.257 e. The molecule has 0 radical (unpaired) electrons. The van der Waals surface area contributed by atoms with Crippen LogP contribution in [0.25, 0.3) is 22.6 Å². The summed E-state index contributed by atoms with van der Waals surface area (Å²) in [6, 6.07) is 26.2. The van der Waals surface area contributed by atoms with Gasteiger partial charge < -0.3 is 9.32 Å². The standard InChI is InChI=1S/C33H28N4O6S/c1-21-6-10-24(11-7-21)32(39)36(19-18-22-8-16-26(17-9-22)44(34,41)42)28-20-30(38)37(33(28)40)25-14-12-23(13-15-25)31-35-27-4-2-3-5-29(27)43-31/h2-17,28H,18-20H2,1H3,(H2,34,41,42). The van der Waals surface area contributed by atoms with Gasteiger partial charge in [-0.15, -0.1) is 0 Å². The van der Waals surface area contributed by atoms with Crippen molar-refractivity contribution in [2.75, 3.05) is 11.4 Å². The first-order chi connectivity index (χ1) is 21.1. The van der Waals surface area contributed by atoms with Gasteiger partial charge in [0.25, 0.3) is 11.8 Å². The molecule has 1 saturated heterocycles. The molecule has 6 rings (SSSR count). The lowest BCUT2D eigenvalue weighted by molar-refractivity contribution is -0.122. The van der Waals surface area contributed by atoms with Crippen LogP contribution in [0.1, 0.15) is 27.9 Å². The minimum Gasteiger partial charge on any atom is -0.436 e. The van der Waals surface area contributed by atoms with E-state index in [9.17, 15) is 22.8 Å². The van der Waals surface area contributed by atoms with E-state index in [0.717, 1.165) is 21.5 Å². The van der Waals surface area contributed by atoms with Crippen LogP contribution in [0.2, 0.25) is 0 Å². The number of hydrogen-bond acceptors (Lipinski definition) is 7. The molecule has 44 heavy (non-hydrogen) atoms. The second kappa shape index (κ2) is 11.5. The number of aromatic nitrogens is 1. The number of anilines is 1. The highest BCUT2D eigenvalue weighted by atomic mass is 32.2. The van der Waals surface area contributed by atoms with E-state index in [0.29, 0.717) is 34.7 Å². The number of fused-ring (bicyclic) bond motifs is 1. The summed E-state index contributed by atoms with van der Waals surface area (Å²) in [5.74, 6) is -0.893. The number of primary sulfonamides is 1. The number of benzene rings is 4. The molecule has 2 heterocycles. The Morgan fingerprint density at radius 3 is 2.30 bits per heavy atom. The summed E-state index contributed by atoms with van der Waals surface area (Å²) in [5, 5.41) is 5.21. The molecule has 10 nitrogen and oxygen atoms in total. The highest BCUT2D eigenvalue weighted by Gasteiger charge is 2.44. The number of sulfonamides is 1. The number of hydrogen-bond donors (Lipinski definition) is 1. The SMILES string of the molecule is Cc1ccc(C(=O)N(CCc2ccc(S(N)(=O)=O)cc2)C2CC(=O)N(c3ccc(-c4nc5ccccc5o4)cc3)C2=O)cc1. The van der Waals surface area contributed by atoms with Crippen LogP contribution < -0.4 is 10.0 Å². The molecule has 1 aliphatic rings. The summed E-state index contributed by atoms with van der Waals surface area (Å²) >= 11 is 0. The molecule has 2 N–H and O–H groups in total. The Bertz CT molecular complexity index is 1950. The summed E-state index contributed by atoms with van der Waals surface area (Å²) in [5.41, 5.74) is 4.54. The van der Waals surface area contributed by atoms with E-state index in [2.05, 4.69) is 4.98 Å². The van der Waals surface area contributed by atoms with Crippen LogP contribution in [0, 0.1) is 6.92 Å². The van der Waals surface area contributed by atoms with Crippen molar-refractivity contribution in [2.24, 2.45) is 5.14 Å². The van der Waals surface area contributed by atoms with Crippen LogP contribution in [0.15, 0.2) is 106 Å².